The van der Waals surface area contributed by atoms with Gasteiger partial charge in [-0.25, -0.2) is 4.98 Å². The molecular formula is C17H26N4O2. The van der Waals surface area contributed by atoms with Crippen molar-refractivity contribution in [1.29, 1.82) is 0 Å². The average molecular weight is 318 g/mol. The molecule has 3 rings (SSSR count). The third kappa shape index (κ3) is 4.12. The van der Waals surface area contributed by atoms with E-state index in [1.54, 1.807) is 12.5 Å². The van der Waals surface area contributed by atoms with Crippen LogP contribution in [0.2, 0.25) is 0 Å². The van der Waals surface area contributed by atoms with Crippen molar-refractivity contribution in [3.8, 4) is 0 Å². The van der Waals surface area contributed by atoms with Gasteiger partial charge in [-0.15, -0.1) is 0 Å². The zero-order chi connectivity index (χ0) is 16.2. The summed E-state index contributed by atoms with van der Waals surface area (Å²) in [5, 5.41) is 0. The van der Waals surface area contributed by atoms with Crippen LogP contribution in [-0.4, -0.2) is 57.8 Å². The highest BCUT2D eigenvalue weighted by molar-refractivity contribution is 5.83. The monoisotopic (exact) mass is 318 g/mol. The molecule has 1 aromatic rings. The van der Waals surface area contributed by atoms with Crippen molar-refractivity contribution >= 4 is 11.8 Å². The average Bonchev–Trinajstić information content (AvgIpc) is 3.30. The number of aromatic nitrogens is 2. The fraction of sp³-hybridized carbons (Fsp3) is 0.706. The maximum Gasteiger partial charge on any atom is 0.227 e. The van der Waals surface area contributed by atoms with Crippen molar-refractivity contribution in [3.05, 3.63) is 18.7 Å². The fourth-order valence-corrected chi connectivity index (χ4v) is 3.30. The van der Waals surface area contributed by atoms with E-state index in [1.165, 1.54) is 0 Å². The summed E-state index contributed by atoms with van der Waals surface area (Å²) in [6, 6.07) is 0. The van der Waals surface area contributed by atoms with Gasteiger partial charge in [0.2, 0.25) is 11.8 Å². The van der Waals surface area contributed by atoms with Crippen LogP contribution in [0.25, 0.3) is 0 Å². The van der Waals surface area contributed by atoms with Gasteiger partial charge in [-0.3, -0.25) is 9.59 Å². The molecule has 1 aliphatic carbocycles. The van der Waals surface area contributed by atoms with E-state index in [0.717, 1.165) is 51.7 Å². The first kappa shape index (κ1) is 16.0. The standard InChI is InChI=1S/C17H26N4O2/c1-19(8-3-9-20-11-7-18-13-20)16(22)15-4-2-10-21(12-15)17(23)14-5-6-14/h7,11,13-15H,2-6,8-10,12H2,1H3. The number of likely N-dealkylation sites (tertiary alicyclic amines) is 1. The van der Waals surface area contributed by atoms with Gasteiger partial charge >= 0.3 is 0 Å². The highest BCUT2D eigenvalue weighted by atomic mass is 16.2. The largest absolute Gasteiger partial charge is 0.345 e. The molecule has 1 aromatic heterocycles. The second kappa shape index (κ2) is 7.15. The van der Waals surface area contributed by atoms with E-state index in [1.807, 2.05) is 27.6 Å². The van der Waals surface area contributed by atoms with E-state index >= 15 is 0 Å². The van der Waals surface area contributed by atoms with Gasteiger partial charge in [0.15, 0.2) is 0 Å². The van der Waals surface area contributed by atoms with Gasteiger partial charge < -0.3 is 14.4 Å². The fourth-order valence-electron chi connectivity index (χ4n) is 3.30. The lowest BCUT2D eigenvalue weighted by Gasteiger charge is -2.34. The van der Waals surface area contributed by atoms with Crippen molar-refractivity contribution in [1.82, 2.24) is 19.4 Å². The van der Waals surface area contributed by atoms with Crippen LogP contribution in [0.5, 0.6) is 0 Å². The molecule has 6 nitrogen and oxygen atoms in total. The van der Waals surface area contributed by atoms with Gasteiger partial charge in [0.1, 0.15) is 0 Å². The van der Waals surface area contributed by atoms with Crippen molar-refractivity contribution in [2.45, 2.75) is 38.6 Å². The number of carbonyl (C=O) groups excluding carboxylic acids is 2. The minimum absolute atomic E-state index is 0.0234. The molecule has 1 saturated heterocycles. The normalized spacial score (nSPS) is 21.3. The lowest BCUT2D eigenvalue weighted by Crippen LogP contribution is -2.46. The number of carbonyl (C=O) groups is 2. The van der Waals surface area contributed by atoms with Crippen LogP contribution in [0.3, 0.4) is 0 Å². The number of aryl methyl sites for hydroxylation is 1. The third-order valence-electron chi connectivity index (χ3n) is 4.85. The molecule has 2 heterocycles. The first-order valence-corrected chi connectivity index (χ1v) is 8.64. The second-order valence-electron chi connectivity index (χ2n) is 6.81. The molecule has 0 aromatic carbocycles. The number of piperidine rings is 1. The number of nitrogens with zero attached hydrogens (tertiary/aromatic N) is 4. The van der Waals surface area contributed by atoms with Gasteiger partial charge in [-0.05, 0) is 32.1 Å². The molecule has 1 saturated carbocycles. The van der Waals surface area contributed by atoms with E-state index in [0.29, 0.717) is 6.54 Å². The summed E-state index contributed by atoms with van der Waals surface area (Å²) in [6.45, 7) is 3.04. The minimum Gasteiger partial charge on any atom is -0.345 e. The Hall–Kier alpha value is -1.85. The first-order chi connectivity index (χ1) is 11.1. The highest BCUT2D eigenvalue weighted by Crippen LogP contribution is 2.32. The number of amides is 2. The van der Waals surface area contributed by atoms with E-state index in [2.05, 4.69) is 4.98 Å². The Labute approximate surface area is 137 Å². The van der Waals surface area contributed by atoms with Gasteiger partial charge in [0, 0.05) is 51.5 Å². The van der Waals surface area contributed by atoms with Crippen LogP contribution in [0, 0.1) is 11.8 Å². The summed E-state index contributed by atoms with van der Waals surface area (Å²) in [7, 11) is 1.87. The smallest absolute Gasteiger partial charge is 0.227 e. The Morgan fingerprint density at radius 2 is 2.09 bits per heavy atom. The third-order valence-corrected chi connectivity index (χ3v) is 4.85. The van der Waals surface area contributed by atoms with Crippen LogP contribution >= 0.6 is 0 Å². The van der Waals surface area contributed by atoms with Crippen molar-refractivity contribution < 1.29 is 9.59 Å². The van der Waals surface area contributed by atoms with E-state index < -0.39 is 0 Å². The molecule has 2 fully saturated rings. The molecular weight excluding hydrogens is 292 g/mol. The molecule has 6 heteroatoms. The number of hydrogen-bond donors (Lipinski definition) is 0. The maximum atomic E-state index is 12.6. The molecule has 1 aliphatic heterocycles. The highest BCUT2D eigenvalue weighted by Gasteiger charge is 2.37. The summed E-state index contributed by atoms with van der Waals surface area (Å²) < 4.78 is 2.02. The summed E-state index contributed by atoms with van der Waals surface area (Å²) in [6.07, 6.45) is 10.3. The van der Waals surface area contributed by atoms with Gasteiger partial charge in [-0.1, -0.05) is 0 Å². The van der Waals surface area contributed by atoms with Crippen molar-refractivity contribution in [2.24, 2.45) is 11.8 Å². The zero-order valence-corrected chi connectivity index (χ0v) is 13.9. The van der Waals surface area contributed by atoms with Crippen LogP contribution in [0.4, 0.5) is 0 Å². The minimum atomic E-state index is -0.0234. The molecule has 23 heavy (non-hydrogen) atoms. The summed E-state index contributed by atoms with van der Waals surface area (Å²) in [5.74, 6) is 0.677. The van der Waals surface area contributed by atoms with Crippen LogP contribution in [0.15, 0.2) is 18.7 Å². The zero-order valence-electron chi connectivity index (χ0n) is 13.9. The van der Waals surface area contributed by atoms with Gasteiger partial charge in [0.25, 0.3) is 0 Å². The Morgan fingerprint density at radius 1 is 1.26 bits per heavy atom. The lowest BCUT2D eigenvalue weighted by atomic mass is 9.96. The van der Waals surface area contributed by atoms with Crippen molar-refractivity contribution in [2.75, 3.05) is 26.7 Å². The molecule has 2 amide bonds. The Morgan fingerprint density at radius 3 is 2.78 bits per heavy atom. The Kier molecular flexibility index (Phi) is 4.98. The summed E-state index contributed by atoms with van der Waals surface area (Å²) in [4.78, 5) is 32.6. The Balaban J connectivity index is 1.45. The molecule has 2 aliphatic rings. The predicted molar refractivity (Wildman–Crippen MR) is 86.5 cm³/mol. The SMILES string of the molecule is CN(CCCn1ccnc1)C(=O)C1CCCN(C(=O)C2CC2)C1. The summed E-state index contributed by atoms with van der Waals surface area (Å²) >= 11 is 0. The molecule has 126 valence electrons. The number of hydrogen-bond acceptors (Lipinski definition) is 3. The van der Waals surface area contributed by atoms with E-state index in [-0.39, 0.29) is 23.7 Å². The molecule has 0 radical (unpaired) electrons. The topological polar surface area (TPSA) is 58.4 Å². The predicted octanol–water partition coefficient (Wildman–Crippen LogP) is 1.38. The molecule has 0 bridgehead atoms. The molecule has 0 spiro atoms. The Bertz CT molecular complexity index is 539. The van der Waals surface area contributed by atoms with Crippen LogP contribution in [0.1, 0.15) is 32.1 Å². The molecule has 0 N–H and O–H groups in total. The summed E-state index contributed by atoms with van der Waals surface area (Å²) in [5.41, 5.74) is 0. The second-order valence-corrected chi connectivity index (χ2v) is 6.81. The van der Waals surface area contributed by atoms with Crippen LogP contribution < -0.4 is 0 Å². The van der Waals surface area contributed by atoms with E-state index in [4.69, 9.17) is 0 Å². The lowest BCUT2D eigenvalue weighted by molar-refractivity contribution is -0.140. The molecule has 1 unspecified atom stereocenters. The van der Waals surface area contributed by atoms with Gasteiger partial charge in [0.05, 0.1) is 12.2 Å². The molecule has 1 atom stereocenters. The number of imidazole rings is 1. The van der Waals surface area contributed by atoms with Crippen molar-refractivity contribution in [3.63, 3.8) is 0 Å². The van der Waals surface area contributed by atoms with E-state index in [9.17, 15) is 9.59 Å². The van der Waals surface area contributed by atoms with Gasteiger partial charge in [-0.2, -0.15) is 0 Å². The first-order valence-electron chi connectivity index (χ1n) is 8.64. The van der Waals surface area contributed by atoms with Crippen LogP contribution in [-0.2, 0) is 16.1 Å². The maximum absolute atomic E-state index is 12.6. The number of rotatable bonds is 6. The quantitative estimate of drug-likeness (QED) is 0.796.